The van der Waals surface area contributed by atoms with E-state index in [0.717, 1.165) is 35.0 Å². The van der Waals surface area contributed by atoms with Gasteiger partial charge in [0.15, 0.2) is 0 Å². The van der Waals surface area contributed by atoms with Crippen LogP contribution in [0.3, 0.4) is 0 Å². The van der Waals surface area contributed by atoms with E-state index in [1.807, 2.05) is 54.6 Å². The normalized spacial score (nSPS) is 16.1. The number of allylic oxidation sites excluding steroid dienone is 1. The number of anilines is 1. The van der Waals surface area contributed by atoms with Gasteiger partial charge in [-0.1, -0.05) is 48.5 Å². The molecule has 1 unspecified atom stereocenters. The standard InChI is InChI=1S/C25H24N2O2/c1-28-22-13-8-19(9-14-22)10-17-25-24(20-11-15-23(29-2)16-12-20)18-27(26-25)21-6-4-3-5-7-21/h3-17,24H,18H2,1-2H3. The highest BCUT2D eigenvalue weighted by molar-refractivity contribution is 6.05. The highest BCUT2D eigenvalue weighted by Gasteiger charge is 2.27. The number of methoxy groups -OCH3 is 2. The topological polar surface area (TPSA) is 34.1 Å². The third-order valence-electron chi connectivity index (χ3n) is 5.08. The Labute approximate surface area is 171 Å². The fourth-order valence-electron chi connectivity index (χ4n) is 3.44. The third-order valence-corrected chi connectivity index (χ3v) is 5.08. The molecule has 4 rings (SSSR count). The first-order valence-corrected chi connectivity index (χ1v) is 9.64. The van der Waals surface area contributed by atoms with Crippen LogP contribution in [0.5, 0.6) is 11.5 Å². The molecule has 0 aliphatic carbocycles. The number of hydrogen-bond acceptors (Lipinski definition) is 4. The van der Waals surface area contributed by atoms with Crippen molar-refractivity contribution in [3.05, 3.63) is 96.1 Å². The molecule has 4 heteroatoms. The molecule has 1 atom stereocenters. The summed E-state index contributed by atoms with van der Waals surface area (Å²) in [6.07, 6.45) is 4.21. The van der Waals surface area contributed by atoms with Crippen molar-refractivity contribution in [3.8, 4) is 11.5 Å². The molecular weight excluding hydrogens is 360 g/mol. The van der Waals surface area contributed by atoms with Crippen LogP contribution in [0.1, 0.15) is 17.0 Å². The lowest BCUT2D eigenvalue weighted by Crippen LogP contribution is -2.17. The van der Waals surface area contributed by atoms with Crippen LogP contribution in [-0.2, 0) is 0 Å². The van der Waals surface area contributed by atoms with Crippen LogP contribution in [0.15, 0.2) is 90.0 Å². The fourth-order valence-corrected chi connectivity index (χ4v) is 3.44. The van der Waals surface area contributed by atoms with Crippen LogP contribution in [0.4, 0.5) is 5.69 Å². The minimum Gasteiger partial charge on any atom is -0.497 e. The van der Waals surface area contributed by atoms with Crippen molar-refractivity contribution >= 4 is 17.5 Å². The first-order chi connectivity index (χ1) is 14.3. The maximum Gasteiger partial charge on any atom is 0.118 e. The number of ether oxygens (including phenoxy) is 2. The predicted molar refractivity (Wildman–Crippen MR) is 119 cm³/mol. The summed E-state index contributed by atoms with van der Waals surface area (Å²) in [4.78, 5) is 0. The van der Waals surface area contributed by atoms with Gasteiger partial charge in [0.25, 0.3) is 0 Å². The molecule has 0 amide bonds. The van der Waals surface area contributed by atoms with Crippen LogP contribution < -0.4 is 14.5 Å². The predicted octanol–water partition coefficient (Wildman–Crippen LogP) is 5.38. The summed E-state index contributed by atoms with van der Waals surface area (Å²) in [6.45, 7) is 0.804. The lowest BCUT2D eigenvalue weighted by molar-refractivity contribution is 0.414. The van der Waals surface area contributed by atoms with Gasteiger partial charge in [-0.3, -0.25) is 5.01 Å². The summed E-state index contributed by atoms with van der Waals surface area (Å²) in [6, 6.07) is 26.5. The maximum atomic E-state index is 5.31. The van der Waals surface area contributed by atoms with Gasteiger partial charge in [0.2, 0.25) is 0 Å². The Hall–Kier alpha value is -3.53. The molecule has 0 saturated carbocycles. The van der Waals surface area contributed by atoms with E-state index >= 15 is 0 Å². The smallest absolute Gasteiger partial charge is 0.118 e. The highest BCUT2D eigenvalue weighted by Crippen LogP contribution is 2.31. The average Bonchev–Trinajstić information content (AvgIpc) is 3.23. The van der Waals surface area contributed by atoms with Gasteiger partial charge in [-0.05, 0) is 53.6 Å². The average molecular weight is 384 g/mol. The minimum absolute atomic E-state index is 0.190. The van der Waals surface area contributed by atoms with E-state index in [9.17, 15) is 0 Å². The van der Waals surface area contributed by atoms with Crippen LogP contribution in [0, 0.1) is 0 Å². The second-order valence-electron chi connectivity index (χ2n) is 6.87. The van der Waals surface area contributed by atoms with Gasteiger partial charge in [-0.2, -0.15) is 5.10 Å². The van der Waals surface area contributed by atoms with E-state index in [1.54, 1.807) is 14.2 Å². The summed E-state index contributed by atoms with van der Waals surface area (Å²) >= 11 is 0. The molecule has 0 N–H and O–H groups in total. The molecule has 0 aromatic heterocycles. The minimum atomic E-state index is 0.190. The van der Waals surface area contributed by atoms with Gasteiger partial charge >= 0.3 is 0 Å². The molecule has 1 aliphatic heterocycles. The second kappa shape index (κ2) is 8.65. The first kappa shape index (κ1) is 18.8. The molecule has 0 bridgehead atoms. The van der Waals surface area contributed by atoms with Crippen LogP contribution >= 0.6 is 0 Å². The van der Waals surface area contributed by atoms with Gasteiger partial charge in [0.05, 0.1) is 32.2 Å². The van der Waals surface area contributed by atoms with Crippen molar-refractivity contribution in [1.29, 1.82) is 0 Å². The number of hydrazone groups is 1. The van der Waals surface area contributed by atoms with Crippen molar-refractivity contribution in [2.45, 2.75) is 5.92 Å². The van der Waals surface area contributed by atoms with Gasteiger partial charge in [0.1, 0.15) is 11.5 Å². The van der Waals surface area contributed by atoms with Gasteiger partial charge < -0.3 is 9.47 Å². The number of para-hydroxylation sites is 1. The van der Waals surface area contributed by atoms with Crippen LogP contribution in [0.2, 0.25) is 0 Å². The molecule has 0 radical (unpaired) electrons. The van der Waals surface area contributed by atoms with E-state index < -0.39 is 0 Å². The zero-order valence-electron chi connectivity index (χ0n) is 16.7. The van der Waals surface area contributed by atoms with Crippen LogP contribution in [0.25, 0.3) is 6.08 Å². The quantitative estimate of drug-likeness (QED) is 0.572. The summed E-state index contributed by atoms with van der Waals surface area (Å²) in [5, 5.41) is 6.99. The summed E-state index contributed by atoms with van der Waals surface area (Å²) in [7, 11) is 3.36. The molecule has 1 heterocycles. The van der Waals surface area contributed by atoms with Gasteiger partial charge in [-0.25, -0.2) is 0 Å². The van der Waals surface area contributed by atoms with Crippen molar-refractivity contribution < 1.29 is 9.47 Å². The van der Waals surface area contributed by atoms with E-state index in [4.69, 9.17) is 14.6 Å². The zero-order valence-corrected chi connectivity index (χ0v) is 16.7. The maximum absolute atomic E-state index is 5.31. The Bertz CT molecular complexity index is 993. The molecule has 29 heavy (non-hydrogen) atoms. The molecule has 0 saturated heterocycles. The van der Waals surface area contributed by atoms with E-state index in [-0.39, 0.29) is 5.92 Å². The molecule has 146 valence electrons. The molecule has 0 spiro atoms. The van der Waals surface area contributed by atoms with Crippen LogP contribution in [-0.4, -0.2) is 26.5 Å². The Morgan fingerprint density at radius 3 is 2.03 bits per heavy atom. The Balaban J connectivity index is 1.63. The van der Waals surface area contributed by atoms with Crippen molar-refractivity contribution in [2.75, 3.05) is 25.8 Å². The molecule has 3 aromatic rings. The number of benzene rings is 3. The lowest BCUT2D eigenvalue weighted by atomic mass is 9.94. The number of nitrogens with zero attached hydrogens (tertiary/aromatic N) is 2. The molecule has 1 aliphatic rings. The number of hydrogen-bond donors (Lipinski definition) is 0. The summed E-state index contributed by atoms with van der Waals surface area (Å²) < 4.78 is 10.5. The van der Waals surface area contributed by atoms with Crippen molar-refractivity contribution in [3.63, 3.8) is 0 Å². The van der Waals surface area contributed by atoms with Gasteiger partial charge in [-0.15, -0.1) is 0 Å². The molecule has 4 nitrogen and oxygen atoms in total. The zero-order chi connectivity index (χ0) is 20.1. The Kier molecular flexibility index (Phi) is 5.61. The molecular formula is C25H24N2O2. The Morgan fingerprint density at radius 2 is 1.41 bits per heavy atom. The third kappa shape index (κ3) is 4.32. The molecule has 3 aromatic carbocycles. The van der Waals surface area contributed by atoms with Crippen molar-refractivity contribution in [2.24, 2.45) is 5.10 Å². The second-order valence-corrected chi connectivity index (χ2v) is 6.87. The first-order valence-electron chi connectivity index (χ1n) is 9.64. The molecule has 0 fully saturated rings. The van der Waals surface area contributed by atoms with E-state index in [2.05, 4.69) is 41.4 Å². The number of rotatable bonds is 6. The summed E-state index contributed by atoms with van der Waals surface area (Å²) in [5.41, 5.74) is 4.47. The lowest BCUT2D eigenvalue weighted by Gasteiger charge is -2.16. The van der Waals surface area contributed by atoms with Gasteiger partial charge in [0, 0.05) is 5.92 Å². The summed E-state index contributed by atoms with van der Waals surface area (Å²) in [5.74, 6) is 1.90. The van der Waals surface area contributed by atoms with E-state index in [1.165, 1.54) is 5.56 Å². The fraction of sp³-hybridized carbons (Fsp3) is 0.160. The monoisotopic (exact) mass is 384 g/mol. The largest absolute Gasteiger partial charge is 0.497 e. The Morgan fingerprint density at radius 1 is 0.793 bits per heavy atom. The van der Waals surface area contributed by atoms with Crippen molar-refractivity contribution in [1.82, 2.24) is 0 Å². The highest BCUT2D eigenvalue weighted by atomic mass is 16.5. The van der Waals surface area contributed by atoms with E-state index in [0.29, 0.717) is 0 Å². The SMILES string of the molecule is COc1ccc(C=CC2=NN(c3ccccc3)CC2c2ccc(OC)cc2)cc1.